The minimum atomic E-state index is -0.115. The number of hydrogen-bond acceptors (Lipinski definition) is 1. The molecule has 1 aromatic heterocycles. The fourth-order valence-electron chi connectivity index (χ4n) is 9.50. The minimum Gasteiger partial charge on any atom is -0.310 e. The SMILES string of the molecule is CC1(C)c2ccccc2-c2c1ccc1c3c4ccccc4c(N(c4ccccc4)c4cc(-c5ccccc5)cc(-c5ccccc5)c4)cc3n(-c3ccccc3)c21. The van der Waals surface area contributed by atoms with Crippen LogP contribution < -0.4 is 4.90 Å². The summed E-state index contributed by atoms with van der Waals surface area (Å²) in [5.74, 6) is 0. The molecule has 0 spiro atoms. The largest absolute Gasteiger partial charge is 0.310 e. The maximum absolute atomic E-state index is 2.54. The van der Waals surface area contributed by atoms with Crippen LogP contribution in [0.4, 0.5) is 17.1 Å². The second-order valence-corrected chi connectivity index (χ2v) is 15.7. The molecule has 0 atom stereocenters. The van der Waals surface area contributed by atoms with Crippen molar-refractivity contribution in [3.63, 3.8) is 0 Å². The van der Waals surface area contributed by atoms with Gasteiger partial charge in [0.25, 0.3) is 0 Å². The monoisotopic (exact) mass is 728 g/mol. The van der Waals surface area contributed by atoms with Crippen LogP contribution >= 0.6 is 0 Å². The first-order valence-electron chi connectivity index (χ1n) is 19.9. The fraction of sp³-hybridized carbons (Fsp3) is 0.0545. The minimum absolute atomic E-state index is 0.115. The number of anilines is 3. The number of benzene rings is 9. The summed E-state index contributed by atoms with van der Waals surface area (Å²) in [5.41, 5.74) is 16.9. The third kappa shape index (κ3) is 5.18. The molecule has 0 N–H and O–H groups in total. The Kier molecular flexibility index (Phi) is 7.55. The van der Waals surface area contributed by atoms with E-state index in [9.17, 15) is 0 Å². The van der Waals surface area contributed by atoms with Gasteiger partial charge in [-0.15, -0.1) is 0 Å². The van der Waals surface area contributed by atoms with Crippen molar-refractivity contribution in [3.8, 4) is 39.1 Å². The standard InChI is InChI=1S/C55H40N2/c1-55(2)48-30-18-17-29-46(48)53-49(55)32-31-47-52-45-28-16-15-27-44(45)50(36-51(52)57(54(47)53)42-25-13-6-14-26-42)56(41-23-11-5-12-24-41)43-34-39(37-19-7-3-8-20-37)33-40(35-43)38-21-9-4-10-22-38/h3-36H,1-2H3. The molecule has 0 bridgehead atoms. The van der Waals surface area contributed by atoms with Crippen LogP contribution in [0.15, 0.2) is 206 Å². The Hall–Kier alpha value is -7.16. The molecule has 2 nitrogen and oxygen atoms in total. The van der Waals surface area contributed by atoms with E-state index < -0.39 is 0 Å². The summed E-state index contributed by atoms with van der Waals surface area (Å²) in [6.07, 6.45) is 0. The molecular weight excluding hydrogens is 689 g/mol. The third-order valence-corrected chi connectivity index (χ3v) is 12.1. The third-order valence-electron chi connectivity index (χ3n) is 12.1. The van der Waals surface area contributed by atoms with Crippen LogP contribution in [0.25, 0.3) is 71.6 Å². The Labute approximate surface area is 333 Å². The number of nitrogens with zero attached hydrogens (tertiary/aromatic N) is 2. The van der Waals surface area contributed by atoms with E-state index in [1.54, 1.807) is 0 Å². The van der Waals surface area contributed by atoms with E-state index >= 15 is 0 Å². The van der Waals surface area contributed by atoms with Crippen molar-refractivity contribution in [3.05, 3.63) is 217 Å². The predicted molar refractivity (Wildman–Crippen MR) is 241 cm³/mol. The van der Waals surface area contributed by atoms with Crippen molar-refractivity contribution in [2.75, 3.05) is 4.90 Å². The first kappa shape index (κ1) is 33.2. The second-order valence-electron chi connectivity index (χ2n) is 15.7. The zero-order valence-corrected chi connectivity index (χ0v) is 32.0. The van der Waals surface area contributed by atoms with E-state index in [1.807, 2.05) is 0 Å². The van der Waals surface area contributed by atoms with E-state index in [-0.39, 0.29) is 5.41 Å². The molecule has 10 aromatic rings. The highest BCUT2D eigenvalue weighted by atomic mass is 15.1. The maximum Gasteiger partial charge on any atom is 0.0622 e. The smallest absolute Gasteiger partial charge is 0.0622 e. The van der Waals surface area contributed by atoms with Crippen molar-refractivity contribution in [1.82, 2.24) is 4.57 Å². The van der Waals surface area contributed by atoms with Gasteiger partial charge in [0.1, 0.15) is 0 Å². The number of fused-ring (bicyclic) bond motifs is 9. The van der Waals surface area contributed by atoms with Gasteiger partial charge in [0, 0.05) is 44.2 Å². The van der Waals surface area contributed by atoms with Gasteiger partial charge < -0.3 is 9.47 Å². The molecular formula is C55H40N2. The molecule has 1 aliphatic rings. The maximum atomic E-state index is 2.54. The Morgan fingerprint density at radius 1 is 0.421 bits per heavy atom. The summed E-state index contributed by atoms with van der Waals surface area (Å²) in [7, 11) is 0. The van der Waals surface area contributed by atoms with Crippen molar-refractivity contribution in [2.45, 2.75) is 19.3 Å². The molecule has 0 amide bonds. The lowest BCUT2D eigenvalue weighted by atomic mass is 9.82. The van der Waals surface area contributed by atoms with Gasteiger partial charge in [0.05, 0.1) is 16.7 Å². The van der Waals surface area contributed by atoms with E-state index in [0.717, 1.165) is 22.7 Å². The summed E-state index contributed by atoms with van der Waals surface area (Å²) in [6, 6.07) is 75.6. The van der Waals surface area contributed by atoms with Crippen LogP contribution in [-0.2, 0) is 5.41 Å². The molecule has 1 heterocycles. The second kappa shape index (κ2) is 13.0. The van der Waals surface area contributed by atoms with Gasteiger partial charge in [-0.05, 0) is 92.9 Å². The van der Waals surface area contributed by atoms with E-state index in [4.69, 9.17) is 0 Å². The zero-order valence-electron chi connectivity index (χ0n) is 32.0. The number of rotatable bonds is 6. The lowest BCUT2D eigenvalue weighted by Gasteiger charge is -2.28. The quantitative estimate of drug-likeness (QED) is 0.165. The number of aromatic nitrogens is 1. The predicted octanol–water partition coefficient (Wildman–Crippen LogP) is 15.0. The van der Waals surface area contributed by atoms with Crippen molar-refractivity contribution in [2.24, 2.45) is 0 Å². The van der Waals surface area contributed by atoms with Gasteiger partial charge in [-0.3, -0.25) is 0 Å². The van der Waals surface area contributed by atoms with Gasteiger partial charge >= 0.3 is 0 Å². The molecule has 2 heteroatoms. The summed E-state index contributed by atoms with van der Waals surface area (Å²) < 4.78 is 2.54. The number of para-hydroxylation sites is 2. The molecule has 270 valence electrons. The molecule has 0 saturated carbocycles. The molecule has 0 fully saturated rings. The van der Waals surface area contributed by atoms with Crippen LogP contribution in [0, 0.1) is 0 Å². The molecule has 0 radical (unpaired) electrons. The average Bonchev–Trinajstić information content (AvgIpc) is 3.73. The summed E-state index contributed by atoms with van der Waals surface area (Å²) in [4.78, 5) is 2.47. The van der Waals surface area contributed by atoms with Crippen LogP contribution in [0.2, 0.25) is 0 Å². The van der Waals surface area contributed by atoms with Crippen molar-refractivity contribution >= 4 is 49.6 Å². The molecule has 9 aromatic carbocycles. The topological polar surface area (TPSA) is 8.17 Å². The highest BCUT2D eigenvalue weighted by molar-refractivity contribution is 6.27. The van der Waals surface area contributed by atoms with E-state index in [2.05, 4.69) is 230 Å². The van der Waals surface area contributed by atoms with Crippen molar-refractivity contribution < 1.29 is 0 Å². The normalized spacial score (nSPS) is 12.9. The first-order valence-corrected chi connectivity index (χ1v) is 19.9. The Morgan fingerprint density at radius 2 is 0.982 bits per heavy atom. The zero-order chi connectivity index (χ0) is 38.1. The van der Waals surface area contributed by atoms with Gasteiger partial charge in [0.15, 0.2) is 0 Å². The molecule has 1 aliphatic carbocycles. The van der Waals surface area contributed by atoms with E-state index in [0.29, 0.717) is 0 Å². The molecule has 57 heavy (non-hydrogen) atoms. The van der Waals surface area contributed by atoms with Crippen LogP contribution in [-0.4, -0.2) is 4.57 Å². The fourth-order valence-corrected chi connectivity index (χ4v) is 9.50. The number of hydrogen-bond donors (Lipinski definition) is 0. The summed E-state index contributed by atoms with van der Waals surface area (Å²) in [5, 5.41) is 4.98. The lowest BCUT2D eigenvalue weighted by molar-refractivity contribution is 0.661. The summed E-state index contributed by atoms with van der Waals surface area (Å²) in [6.45, 7) is 4.75. The van der Waals surface area contributed by atoms with Crippen LogP contribution in [0.5, 0.6) is 0 Å². The van der Waals surface area contributed by atoms with Gasteiger partial charge in [0.2, 0.25) is 0 Å². The molecule has 11 rings (SSSR count). The molecule has 0 aliphatic heterocycles. The highest BCUT2D eigenvalue weighted by Crippen LogP contribution is 2.54. The van der Waals surface area contributed by atoms with Gasteiger partial charge in [-0.1, -0.05) is 172 Å². The van der Waals surface area contributed by atoms with Crippen LogP contribution in [0.1, 0.15) is 25.0 Å². The van der Waals surface area contributed by atoms with Gasteiger partial charge in [-0.25, -0.2) is 0 Å². The summed E-state index contributed by atoms with van der Waals surface area (Å²) >= 11 is 0. The molecule has 0 unspecified atom stereocenters. The Bertz CT molecular complexity index is 3070. The molecule has 0 saturated heterocycles. The first-order chi connectivity index (χ1) is 28.1. The van der Waals surface area contributed by atoms with E-state index in [1.165, 1.54) is 77.1 Å². The highest BCUT2D eigenvalue weighted by Gasteiger charge is 2.38. The Morgan fingerprint density at radius 3 is 1.65 bits per heavy atom. The van der Waals surface area contributed by atoms with Gasteiger partial charge in [-0.2, -0.15) is 0 Å². The Balaban J connectivity index is 1.28. The average molecular weight is 729 g/mol. The lowest BCUT2D eigenvalue weighted by Crippen LogP contribution is -2.14. The van der Waals surface area contributed by atoms with Crippen LogP contribution in [0.3, 0.4) is 0 Å². The van der Waals surface area contributed by atoms with Crippen molar-refractivity contribution in [1.29, 1.82) is 0 Å².